The third-order valence-corrected chi connectivity index (χ3v) is 3.91. The Hall–Kier alpha value is -2.15. The number of fused-ring (bicyclic) bond motifs is 1. The molecule has 0 aliphatic heterocycles. The molecule has 2 N–H and O–H groups in total. The van der Waals surface area contributed by atoms with Crippen LogP contribution in [0.2, 0.25) is 0 Å². The first-order valence-corrected chi connectivity index (χ1v) is 6.78. The average Bonchev–Trinajstić information content (AvgIpc) is 2.74. The van der Waals surface area contributed by atoms with Crippen LogP contribution in [0.5, 0.6) is 0 Å². The summed E-state index contributed by atoms with van der Waals surface area (Å²) < 4.78 is 4.06. The van der Waals surface area contributed by atoms with Gasteiger partial charge in [-0.25, -0.2) is 4.98 Å². The fourth-order valence-electron chi connectivity index (χ4n) is 2.08. The van der Waals surface area contributed by atoms with E-state index in [1.807, 2.05) is 24.3 Å². The van der Waals surface area contributed by atoms with Crippen molar-refractivity contribution < 1.29 is 0 Å². The van der Waals surface area contributed by atoms with Gasteiger partial charge in [0, 0.05) is 11.5 Å². The second-order valence-electron chi connectivity index (χ2n) is 4.48. The van der Waals surface area contributed by atoms with Crippen molar-refractivity contribution in [2.75, 3.05) is 5.73 Å². The molecular weight excluding hydrogens is 322 g/mol. The number of imidazole rings is 1. The Morgan fingerprint density at radius 1 is 1.35 bits per heavy atom. The van der Waals surface area contributed by atoms with E-state index in [2.05, 4.69) is 25.9 Å². The van der Waals surface area contributed by atoms with Crippen LogP contribution in [0, 0.1) is 0 Å². The Bertz CT molecular complexity index is 852. The first kappa shape index (κ1) is 12.9. The van der Waals surface area contributed by atoms with Crippen LogP contribution in [0.15, 0.2) is 39.9 Å². The van der Waals surface area contributed by atoms with E-state index in [9.17, 15) is 4.79 Å². The lowest BCUT2D eigenvalue weighted by atomic mass is 10.2. The average molecular weight is 334 g/mol. The standard InChI is InChI=1S/C13H12BrN5O/c1-18-7-16-11-10(12(18)20)19(13(15)17-11)6-8-4-2-3-5-9(8)14/h2-5,7H,6H2,1H3,(H2,15,17). The summed E-state index contributed by atoms with van der Waals surface area (Å²) >= 11 is 3.49. The van der Waals surface area contributed by atoms with Gasteiger partial charge in [-0.1, -0.05) is 34.1 Å². The van der Waals surface area contributed by atoms with Gasteiger partial charge in [0.05, 0.1) is 12.9 Å². The van der Waals surface area contributed by atoms with Gasteiger partial charge in [-0.15, -0.1) is 0 Å². The van der Waals surface area contributed by atoms with Crippen molar-refractivity contribution in [3.8, 4) is 0 Å². The molecule has 0 spiro atoms. The van der Waals surface area contributed by atoms with Crippen molar-refractivity contribution in [3.05, 3.63) is 51.0 Å². The van der Waals surface area contributed by atoms with Crippen molar-refractivity contribution in [2.45, 2.75) is 6.54 Å². The smallest absolute Gasteiger partial charge is 0.279 e. The molecule has 0 radical (unpaired) electrons. The molecule has 0 saturated heterocycles. The van der Waals surface area contributed by atoms with Crippen LogP contribution in [-0.2, 0) is 13.6 Å². The molecule has 1 aromatic carbocycles. The van der Waals surface area contributed by atoms with Crippen LogP contribution >= 0.6 is 15.9 Å². The van der Waals surface area contributed by atoms with E-state index in [4.69, 9.17) is 5.73 Å². The maximum Gasteiger partial charge on any atom is 0.279 e. The van der Waals surface area contributed by atoms with Crippen molar-refractivity contribution in [3.63, 3.8) is 0 Å². The normalized spacial score (nSPS) is 11.1. The van der Waals surface area contributed by atoms with E-state index in [0.717, 1.165) is 10.0 Å². The molecule has 0 fully saturated rings. The third-order valence-electron chi connectivity index (χ3n) is 3.14. The fraction of sp³-hybridized carbons (Fsp3) is 0.154. The van der Waals surface area contributed by atoms with Gasteiger partial charge in [-0.3, -0.25) is 9.36 Å². The molecule has 20 heavy (non-hydrogen) atoms. The third kappa shape index (κ3) is 2.00. The van der Waals surface area contributed by atoms with E-state index in [1.54, 1.807) is 11.6 Å². The maximum atomic E-state index is 12.2. The number of hydrogen-bond donors (Lipinski definition) is 1. The summed E-state index contributed by atoms with van der Waals surface area (Å²) in [6.07, 6.45) is 1.44. The van der Waals surface area contributed by atoms with E-state index < -0.39 is 0 Å². The Balaban J connectivity index is 2.22. The summed E-state index contributed by atoms with van der Waals surface area (Å²) in [4.78, 5) is 20.5. The molecule has 102 valence electrons. The number of rotatable bonds is 2. The number of nitrogen functional groups attached to an aromatic ring is 1. The fourth-order valence-corrected chi connectivity index (χ4v) is 2.49. The molecule has 0 atom stereocenters. The van der Waals surface area contributed by atoms with Crippen LogP contribution in [0.4, 0.5) is 5.95 Å². The molecule has 0 aliphatic rings. The highest BCUT2D eigenvalue weighted by Crippen LogP contribution is 2.20. The highest BCUT2D eigenvalue weighted by atomic mass is 79.9. The minimum absolute atomic E-state index is 0.161. The van der Waals surface area contributed by atoms with E-state index in [1.165, 1.54) is 10.9 Å². The Morgan fingerprint density at radius 2 is 2.10 bits per heavy atom. The monoisotopic (exact) mass is 333 g/mol. The van der Waals surface area contributed by atoms with E-state index in [-0.39, 0.29) is 11.5 Å². The molecule has 3 aromatic rings. The van der Waals surface area contributed by atoms with Crippen LogP contribution in [-0.4, -0.2) is 19.1 Å². The predicted molar refractivity (Wildman–Crippen MR) is 80.4 cm³/mol. The largest absolute Gasteiger partial charge is 0.369 e. The van der Waals surface area contributed by atoms with E-state index in [0.29, 0.717) is 17.7 Å². The zero-order valence-corrected chi connectivity index (χ0v) is 12.3. The minimum atomic E-state index is -0.161. The van der Waals surface area contributed by atoms with Gasteiger partial charge < -0.3 is 10.3 Å². The zero-order chi connectivity index (χ0) is 14.3. The lowest BCUT2D eigenvalue weighted by Crippen LogP contribution is -2.20. The number of benzene rings is 1. The number of aryl methyl sites for hydroxylation is 1. The molecule has 0 bridgehead atoms. The van der Waals surface area contributed by atoms with Gasteiger partial charge in [-0.05, 0) is 11.6 Å². The van der Waals surface area contributed by atoms with Crippen LogP contribution in [0.25, 0.3) is 11.2 Å². The van der Waals surface area contributed by atoms with Crippen LogP contribution in [0.3, 0.4) is 0 Å². The molecule has 0 aliphatic carbocycles. The van der Waals surface area contributed by atoms with Gasteiger partial charge >= 0.3 is 0 Å². The first-order valence-electron chi connectivity index (χ1n) is 5.98. The Labute approximate surface area is 123 Å². The molecular formula is C13H12BrN5O. The molecule has 6 nitrogen and oxygen atoms in total. The van der Waals surface area contributed by atoms with Gasteiger partial charge in [0.1, 0.15) is 0 Å². The summed E-state index contributed by atoms with van der Waals surface area (Å²) in [6, 6.07) is 7.78. The topological polar surface area (TPSA) is 78.7 Å². The second-order valence-corrected chi connectivity index (χ2v) is 5.33. The SMILES string of the molecule is Cn1cnc2nc(N)n(Cc3ccccc3Br)c2c1=O. The first-order chi connectivity index (χ1) is 9.58. The van der Waals surface area contributed by atoms with Crippen LogP contribution in [0.1, 0.15) is 5.56 Å². The van der Waals surface area contributed by atoms with Gasteiger partial charge in [0.15, 0.2) is 11.2 Å². The minimum Gasteiger partial charge on any atom is -0.369 e. The highest BCUT2D eigenvalue weighted by Gasteiger charge is 2.14. The molecule has 2 aromatic heterocycles. The molecule has 0 unspecified atom stereocenters. The van der Waals surface area contributed by atoms with Gasteiger partial charge in [-0.2, -0.15) is 4.98 Å². The molecule has 0 saturated carbocycles. The lowest BCUT2D eigenvalue weighted by Gasteiger charge is -2.08. The van der Waals surface area contributed by atoms with Gasteiger partial charge in [0.25, 0.3) is 5.56 Å². The Kier molecular flexibility index (Phi) is 3.06. The summed E-state index contributed by atoms with van der Waals surface area (Å²) in [5.74, 6) is 0.284. The van der Waals surface area contributed by atoms with Crippen molar-refractivity contribution in [1.29, 1.82) is 0 Å². The summed E-state index contributed by atoms with van der Waals surface area (Å²) in [5.41, 5.74) is 7.57. The predicted octanol–water partition coefficient (Wildman–Crippen LogP) is 1.52. The summed E-state index contributed by atoms with van der Waals surface area (Å²) in [5, 5.41) is 0. The van der Waals surface area contributed by atoms with E-state index >= 15 is 0 Å². The van der Waals surface area contributed by atoms with Crippen molar-refractivity contribution in [2.24, 2.45) is 7.05 Å². The second kappa shape index (κ2) is 4.75. The zero-order valence-electron chi connectivity index (χ0n) is 10.7. The van der Waals surface area contributed by atoms with Gasteiger partial charge in [0.2, 0.25) is 5.95 Å². The molecule has 0 amide bonds. The summed E-state index contributed by atoms with van der Waals surface area (Å²) in [7, 11) is 1.65. The molecule has 3 rings (SSSR count). The number of aromatic nitrogens is 4. The number of nitrogens with two attached hydrogens (primary N) is 1. The Morgan fingerprint density at radius 3 is 2.85 bits per heavy atom. The van der Waals surface area contributed by atoms with Crippen LogP contribution < -0.4 is 11.3 Å². The quantitative estimate of drug-likeness (QED) is 0.771. The molecule has 2 heterocycles. The number of anilines is 1. The number of nitrogens with zero attached hydrogens (tertiary/aromatic N) is 4. The van der Waals surface area contributed by atoms with Crippen molar-refractivity contribution >= 4 is 33.0 Å². The number of halogens is 1. The highest BCUT2D eigenvalue weighted by molar-refractivity contribution is 9.10. The number of hydrogen-bond acceptors (Lipinski definition) is 4. The summed E-state index contributed by atoms with van der Waals surface area (Å²) in [6.45, 7) is 0.463. The van der Waals surface area contributed by atoms with Crippen molar-refractivity contribution in [1.82, 2.24) is 19.1 Å². The molecule has 7 heteroatoms. The lowest BCUT2D eigenvalue weighted by molar-refractivity contribution is 0.798. The maximum absolute atomic E-state index is 12.2.